The van der Waals surface area contributed by atoms with Gasteiger partial charge in [-0.05, 0) is 76.7 Å². The van der Waals surface area contributed by atoms with Crippen LogP contribution >= 0.6 is 0 Å². The van der Waals surface area contributed by atoms with Crippen LogP contribution in [0.25, 0.3) is 22.6 Å². The van der Waals surface area contributed by atoms with Gasteiger partial charge in [0, 0.05) is 11.6 Å². The molecule has 1 aliphatic carbocycles. The third-order valence-corrected chi connectivity index (χ3v) is 5.48. The highest BCUT2D eigenvalue weighted by molar-refractivity contribution is 5.84. The van der Waals surface area contributed by atoms with Crippen molar-refractivity contribution in [3.05, 3.63) is 81.2 Å². The highest BCUT2D eigenvalue weighted by Crippen LogP contribution is 2.36. The summed E-state index contributed by atoms with van der Waals surface area (Å²) >= 11 is 0. The summed E-state index contributed by atoms with van der Waals surface area (Å²) in [6.07, 6.45) is -6.01. The maximum Gasteiger partial charge on any atom is 0.416 e. The molecular formula is C24H18F6O. The van der Waals surface area contributed by atoms with Gasteiger partial charge < -0.3 is 5.11 Å². The van der Waals surface area contributed by atoms with Gasteiger partial charge in [-0.15, -0.1) is 0 Å². The number of aliphatic hydroxyl groups is 1. The standard InChI is InChI=1S/C24H18F6O/c25-23(26,27)19-9-15(10-20(13-19)24(28,29)30)5-4-14-6-7-16-11-17-2-1-3-22(31)21(17)12-18(16)8-14/h2,6-13,31H,1,3-5H2. The summed E-state index contributed by atoms with van der Waals surface area (Å²) in [4.78, 5) is 0. The van der Waals surface area contributed by atoms with Gasteiger partial charge in [-0.25, -0.2) is 0 Å². The van der Waals surface area contributed by atoms with E-state index in [1.807, 2.05) is 36.4 Å². The second-order valence-electron chi connectivity index (χ2n) is 7.72. The maximum atomic E-state index is 13.1. The molecule has 0 radical (unpaired) electrons. The van der Waals surface area contributed by atoms with E-state index >= 15 is 0 Å². The molecule has 1 nitrogen and oxygen atoms in total. The molecule has 3 aromatic rings. The number of fused-ring (bicyclic) bond motifs is 2. The number of alkyl halides is 6. The predicted octanol–water partition coefficient (Wildman–Crippen LogP) is 5.90. The van der Waals surface area contributed by atoms with E-state index < -0.39 is 23.5 Å². The number of aryl methyl sites for hydroxylation is 2. The van der Waals surface area contributed by atoms with Crippen molar-refractivity contribution in [2.24, 2.45) is 0 Å². The van der Waals surface area contributed by atoms with Crippen LogP contribution in [0.1, 0.15) is 35.1 Å². The molecule has 0 fully saturated rings. The Balaban J connectivity index is 1.65. The number of rotatable bonds is 3. The molecule has 0 unspecified atom stereocenters. The van der Waals surface area contributed by atoms with Crippen LogP contribution in [0.3, 0.4) is 0 Å². The first kappa shape index (κ1) is 21.3. The van der Waals surface area contributed by atoms with Gasteiger partial charge in [-0.2, -0.15) is 26.3 Å². The van der Waals surface area contributed by atoms with Crippen molar-refractivity contribution in [3.8, 4) is 0 Å². The summed E-state index contributed by atoms with van der Waals surface area (Å²) in [5.74, 6) is 0.313. The summed E-state index contributed by atoms with van der Waals surface area (Å²) in [6, 6.07) is 11.1. The second-order valence-corrected chi connectivity index (χ2v) is 7.72. The fourth-order valence-corrected chi connectivity index (χ4v) is 3.89. The Hall–Kier alpha value is -2.96. The van der Waals surface area contributed by atoms with Crippen molar-refractivity contribution < 1.29 is 31.4 Å². The summed E-state index contributed by atoms with van der Waals surface area (Å²) in [6.45, 7) is 0. The predicted molar refractivity (Wildman–Crippen MR) is 107 cm³/mol. The lowest BCUT2D eigenvalue weighted by Crippen LogP contribution is -2.29. The lowest BCUT2D eigenvalue weighted by atomic mass is 9.96. The van der Waals surface area contributed by atoms with E-state index in [0.29, 0.717) is 12.2 Å². The zero-order valence-corrected chi connectivity index (χ0v) is 16.2. The third kappa shape index (κ3) is 4.55. The molecule has 0 aromatic heterocycles. The van der Waals surface area contributed by atoms with Gasteiger partial charge in [-0.3, -0.25) is 0 Å². The molecule has 0 spiro atoms. The van der Waals surface area contributed by atoms with Gasteiger partial charge >= 0.3 is 12.4 Å². The van der Waals surface area contributed by atoms with E-state index in [1.165, 1.54) is 0 Å². The van der Waals surface area contributed by atoms with E-state index in [-0.39, 0.29) is 24.5 Å². The Morgan fingerprint density at radius 2 is 1.35 bits per heavy atom. The molecular weight excluding hydrogens is 418 g/mol. The maximum absolute atomic E-state index is 13.1. The van der Waals surface area contributed by atoms with Gasteiger partial charge in [0.15, 0.2) is 0 Å². The van der Waals surface area contributed by atoms with Crippen LogP contribution in [0.2, 0.25) is 0 Å². The summed E-state index contributed by atoms with van der Waals surface area (Å²) < 4.78 is 78.3. The number of hydrogen-bond acceptors (Lipinski definition) is 1. The minimum absolute atomic E-state index is 0.0201. The molecule has 0 saturated heterocycles. The van der Waals surface area contributed by atoms with Crippen molar-refractivity contribution in [2.75, 3.05) is 0 Å². The second kappa shape index (κ2) is 7.62. The average molecular weight is 436 g/mol. The van der Waals surface area contributed by atoms with Crippen molar-refractivity contribution in [1.82, 2.24) is 0 Å². The highest BCUT2D eigenvalue weighted by Gasteiger charge is 2.36. The molecule has 0 bridgehead atoms. The minimum Gasteiger partial charge on any atom is -0.512 e. The number of benzene rings is 3. The number of aliphatic hydroxyl groups excluding tert-OH is 1. The smallest absolute Gasteiger partial charge is 0.416 e. The Labute approximate surface area is 173 Å². The third-order valence-electron chi connectivity index (χ3n) is 5.48. The fraction of sp³-hybridized carbons (Fsp3) is 0.250. The Kier molecular flexibility index (Phi) is 5.23. The zero-order chi connectivity index (χ0) is 22.4. The van der Waals surface area contributed by atoms with E-state index in [9.17, 15) is 31.4 Å². The monoisotopic (exact) mass is 436 g/mol. The SMILES string of the molecule is OC1=c2cc3cc(CCc4cc(C(F)(F)F)cc(C(F)(F)F)c4)ccc3cc2=CCC1. The van der Waals surface area contributed by atoms with Gasteiger partial charge in [0.1, 0.15) is 5.76 Å². The molecule has 0 aliphatic heterocycles. The number of halogens is 6. The summed E-state index contributed by atoms with van der Waals surface area (Å²) in [5, 5.41) is 13.7. The minimum atomic E-state index is -4.85. The molecule has 4 rings (SSSR count). The van der Waals surface area contributed by atoms with Crippen molar-refractivity contribution in [3.63, 3.8) is 0 Å². The largest absolute Gasteiger partial charge is 0.512 e. The Bertz CT molecular complexity index is 1240. The average Bonchev–Trinajstić information content (AvgIpc) is 2.70. The topological polar surface area (TPSA) is 20.2 Å². The quantitative estimate of drug-likeness (QED) is 0.507. The molecule has 31 heavy (non-hydrogen) atoms. The van der Waals surface area contributed by atoms with Crippen molar-refractivity contribution >= 4 is 22.6 Å². The van der Waals surface area contributed by atoms with E-state index in [2.05, 4.69) is 0 Å². The van der Waals surface area contributed by atoms with Crippen LogP contribution < -0.4 is 10.4 Å². The van der Waals surface area contributed by atoms with Gasteiger partial charge in [0.25, 0.3) is 0 Å². The zero-order valence-electron chi connectivity index (χ0n) is 16.2. The van der Waals surface area contributed by atoms with Crippen LogP contribution in [-0.4, -0.2) is 5.11 Å². The van der Waals surface area contributed by atoms with Crippen LogP contribution in [-0.2, 0) is 25.2 Å². The molecule has 3 aromatic carbocycles. The molecule has 0 saturated carbocycles. The highest BCUT2D eigenvalue weighted by atomic mass is 19.4. The molecule has 0 amide bonds. The fourth-order valence-electron chi connectivity index (χ4n) is 3.89. The molecule has 7 heteroatoms. The van der Waals surface area contributed by atoms with E-state index in [1.54, 1.807) is 0 Å². The molecule has 0 heterocycles. The first-order chi connectivity index (χ1) is 14.5. The summed E-state index contributed by atoms with van der Waals surface area (Å²) in [7, 11) is 0. The van der Waals surface area contributed by atoms with Crippen LogP contribution in [0.15, 0.2) is 48.5 Å². The normalized spacial score (nSPS) is 14.5. The van der Waals surface area contributed by atoms with E-state index in [4.69, 9.17) is 0 Å². The lowest BCUT2D eigenvalue weighted by Gasteiger charge is -2.14. The Morgan fingerprint density at radius 3 is 2.00 bits per heavy atom. The van der Waals surface area contributed by atoms with Crippen LogP contribution in [0.4, 0.5) is 26.3 Å². The molecule has 1 N–H and O–H groups in total. The molecule has 1 aliphatic rings. The lowest BCUT2D eigenvalue weighted by molar-refractivity contribution is -0.143. The van der Waals surface area contributed by atoms with Crippen LogP contribution in [0.5, 0.6) is 0 Å². The molecule has 162 valence electrons. The van der Waals surface area contributed by atoms with Crippen molar-refractivity contribution in [1.29, 1.82) is 0 Å². The number of hydrogen-bond donors (Lipinski definition) is 1. The van der Waals surface area contributed by atoms with Crippen molar-refractivity contribution in [2.45, 2.75) is 38.0 Å². The molecule has 0 atom stereocenters. The van der Waals surface area contributed by atoms with Gasteiger partial charge in [0.05, 0.1) is 11.1 Å². The first-order valence-electron chi connectivity index (χ1n) is 9.74. The first-order valence-corrected chi connectivity index (χ1v) is 9.74. The van der Waals surface area contributed by atoms with Gasteiger partial charge in [-0.1, -0.05) is 24.3 Å². The van der Waals surface area contributed by atoms with E-state index in [0.717, 1.165) is 45.3 Å². The Morgan fingerprint density at radius 1 is 0.710 bits per heavy atom. The summed E-state index contributed by atoms with van der Waals surface area (Å²) in [5.41, 5.74) is -1.83. The van der Waals surface area contributed by atoms with Gasteiger partial charge in [0.2, 0.25) is 0 Å². The van der Waals surface area contributed by atoms with Crippen LogP contribution in [0, 0.1) is 0 Å².